The lowest BCUT2D eigenvalue weighted by Crippen LogP contribution is -2.20. The monoisotopic (exact) mass is 392 g/mol. The van der Waals surface area contributed by atoms with Gasteiger partial charge < -0.3 is 10.2 Å². The van der Waals surface area contributed by atoms with E-state index < -0.39 is 0 Å². The highest BCUT2D eigenvalue weighted by molar-refractivity contribution is 6.30. The largest absolute Gasteiger partial charge is 0.318 e. The summed E-state index contributed by atoms with van der Waals surface area (Å²) in [5.41, 5.74) is 4.40. The molecular weight excluding hydrogens is 372 g/mol. The van der Waals surface area contributed by atoms with Crippen LogP contribution in [-0.2, 0) is 12.8 Å². The highest BCUT2D eigenvalue weighted by Crippen LogP contribution is 2.38. The molecule has 1 aliphatic rings. The molecule has 2 aromatic heterocycles. The third-order valence-electron chi connectivity index (χ3n) is 4.95. The van der Waals surface area contributed by atoms with Crippen molar-refractivity contribution in [2.24, 2.45) is 0 Å². The van der Waals surface area contributed by atoms with E-state index in [2.05, 4.69) is 27.4 Å². The van der Waals surface area contributed by atoms with Gasteiger partial charge in [-0.2, -0.15) is 0 Å². The number of pyridine rings is 2. The van der Waals surface area contributed by atoms with E-state index >= 15 is 0 Å². The maximum atomic E-state index is 13.0. The van der Waals surface area contributed by atoms with Gasteiger partial charge in [-0.25, -0.2) is 9.97 Å². The molecule has 0 aliphatic carbocycles. The Morgan fingerprint density at radius 3 is 2.57 bits per heavy atom. The summed E-state index contributed by atoms with van der Waals surface area (Å²) in [5, 5.41) is 3.39. The van der Waals surface area contributed by atoms with Gasteiger partial charge in [-0.15, -0.1) is 0 Å². The predicted octanol–water partition coefficient (Wildman–Crippen LogP) is 4.95. The molecule has 28 heavy (non-hydrogen) atoms. The van der Waals surface area contributed by atoms with Crippen LogP contribution in [0.3, 0.4) is 0 Å². The summed E-state index contributed by atoms with van der Waals surface area (Å²) >= 11 is 6.17. The predicted molar refractivity (Wildman–Crippen MR) is 113 cm³/mol. The minimum atomic E-state index is -0.173. The summed E-state index contributed by atoms with van der Waals surface area (Å²) < 4.78 is 0. The summed E-state index contributed by atoms with van der Waals surface area (Å²) in [7, 11) is 0. The molecule has 1 amide bonds. The van der Waals surface area contributed by atoms with Crippen molar-refractivity contribution in [3.63, 3.8) is 0 Å². The van der Waals surface area contributed by atoms with Gasteiger partial charge in [0.25, 0.3) is 5.91 Å². The summed E-state index contributed by atoms with van der Waals surface area (Å²) in [4.78, 5) is 24.0. The van der Waals surface area contributed by atoms with Crippen LogP contribution in [0.2, 0.25) is 5.15 Å². The molecule has 0 saturated heterocycles. The van der Waals surface area contributed by atoms with Gasteiger partial charge in [0, 0.05) is 12.7 Å². The number of hydrogen-bond donors (Lipinski definition) is 1. The van der Waals surface area contributed by atoms with Crippen LogP contribution in [0, 0.1) is 6.92 Å². The van der Waals surface area contributed by atoms with Gasteiger partial charge in [-0.3, -0.25) is 4.79 Å². The number of amides is 1. The molecule has 0 fully saturated rings. The molecule has 5 nitrogen and oxygen atoms in total. The van der Waals surface area contributed by atoms with Crippen LogP contribution in [-0.4, -0.2) is 22.4 Å². The normalized spacial score (nSPS) is 12.8. The summed E-state index contributed by atoms with van der Waals surface area (Å²) in [5.74, 6) is 1.06. The van der Waals surface area contributed by atoms with Crippen LogP contribution in [0.15, 0.2) is 48.7 Å². The lowest BCUT2D eigenvalue weighted by molar-refractivity contribution is 0.102. The summed E-state index contributed by atoms with van der Waals surface area (Å²) in [6.07, 6.45) is 3.57. The van der Waals surface area contributed by atoms with Crippen LogP contribution in [0.1, 0.15) is 34.0 Å². The molecule has 6 heteroatoms. The Kier molecular flexibility index (Phi) is 5.01. The van der Waals surface area contributed by atoms with Crippen molar-refractivity contribution in [3.05, 3.63) is 76.1 Å². The van der Waals surface area contributed by atoms with Crippen molar-refractivity contribution < 1.29 is 4.79 Å². The minimum absolute atomic E-state index is 0.173. The average molecular weight is 393 g/mol. The smallest absolute Gasteiger partial charge is 0.259 e. The van der Waals surface area contributed by atoms with E-state index in [1.807, 2.05) is 49.2 Å². The van der Waals surface area contributed by atoms with Gasteiger partial charge in [0.05, 0.1) is 11.3 Å². The molecule has 0 bridgehead atoms. The second-order valence-electron chi connectivity index (χ2n) is 6.86. The first-order chi connectivity index (χ1) is 13.6. The first kappa shape index (κ1) is 18.4. The molecule has 0 saturated carbocycles. The fourth-order valence-electron chi connectivity index (χ4n) is 3.50. The van der Waals surface area contributed by atoms with Crippen molar-refractivity contribution in [3.8, 4) is 0 Å². The third-order valence-corrected chi connectivity index (χ3v) is 5.14. The second-order valence-corrected chi connectivity index (χ2v) is 7.25. The number of hydrogen-bond acceptors (Lipinski definition) is 4. The van der Waals surface area contributed by atoms with Gasteiger partial charge in [-0.1, -0.05) is 41.9 Å². The van der Waals surface area contributed by atoms with Crippen LogP contribution in [0.5, 0.6) is 0 Å². The molecule has 142 valence electrons. The highest BCUT2D eigenvalue weighted by atomic mass is 35.5. The average Bonchev–Trinajstić information content (AvgIpc) is 2.81. The van der Waals surface area contributed by atoms with Crippen LogP contribution in [0.25, 0.3) is 0 Å². The van der Waals surface area contributed by atoms with Crippen LogP contribution >= 0.6 is 11.6 Å². The number of fused-ring (bicyclic) bond motifs is 2. The zero-order valence-corrected chi connectivity index (χ0v) is 16.6. The first-order valence-electron chi connectivity index (χ1n) is 9.35. The number of carbonyl (C=O) groups is 1. The van der Waals surface area contributed by atoms with Crippen molar-refractivity contribution in [1.29, 1.82) is 0 Å². The molecule has 0 unspecified atom stereocenters. The Morgan fingerprint density at radius 2 is 1.82 bits per heavy atom. The van der Waals surface area contributed by atoms with E-state index in [-0.39, 0.29) is 5.91 Å². The number of anilines is 3. The minimum Gasteiger partial charge on any atom is -0.318 e. The van der Waals surface area contributed by atoms with Crippen molar-refractivity contribution >= 4 is 34.8 Å². The van der Waals surface area contributed by atoms with Crippen LogP contribution < -0.4 is 10.2 Å². The quantitative estimate of drug-likeness (QED) is 0.638. The SMILES string of the molecule is CCN1c2ncc(CCc3ccccc3)cc2C(=O)Nc2c(C)cc(Cl)nc21. The Labute approximate surface area is 169 Å². The molecule has 0 spiro atoms. The number of benzene rings is 1. The van der Waals surface area contributed by atoms with Gasteiger partial charge in [0.2, 0.25) is 0 Å². The number of rotatable bonds is 4. The maximum absolute atomic E-state index is 13.0. The highest BCUT2D eigenvalue weighted by Gasteiger charge is 2.28. The Morgan fingerprint density at radius 1 is 1.07 bits per heavy atom. The number of nitrogens with zero attached hydrogens (tertiary/aromatic N) is 3. The second kappa shape index (κ2) is 7.60. The number of aryl methyl sites for hydroxylation is 3. The number of carbonyl (C=O) groups excluding carboxylic acids is 1. The number of aromatic nitrogens is 2. The lowest BCUT2D eigenvalue weighted by atomic mass is 10.0. The molecular formula is C22H21ClN4O. The maximum Gasteiger partial charge on any atom is 0.259 e. The molecule has 3 heterocycles. The molecule has 0 atom stereocenters. The van der Waals surface area contributed by atoms with Crippen molar-refractivity contribution in [2.45, 2.75) is 26.7 Å². The fourth-order valence-corrected chi connectivity index (χ4v) is 3.74. The van der Waals surface area contributed by atoms with Crippen molar-refractivity contribution in [1.82, 2.24) is 9.97 Å². The molecule has 1 aromatic carbocycles. The Hall–Kier alpha value is -2.92. The van der Waals surface area contributed by atoms with Gasteiger partial charge in [-0.05, 0) is 55.5 Å². The van der Waals surface area contributed by atoms with Gasteiger partial charge >= 0.3 is 0 Å². The standard InChI is InChI=1S/C22H21ClN4O/c1-3-27-20-17(22(28)26-19-14(2)11-18(23)25-21(19)27)12-16(13-24-20)10-9-15-7-5-4-6-8-15/h4-8,11-13H,3,9-10H2,1-2H3,(H,26,28). The molecule has 0 radical (unpaired) electrons. The van der Waals surface area contributed by atoms with E-state index in [4.69, 9.17) is 11.6 Å². The number of nitrogens with one attached hydrogen (secondary N) is 1. The zero-order valence-electron chi connectivity index (χ0n) is 15.9. The topological polar surface area (TPSA) is 58.1 Å². The molecule has 1 N–H and O–H groups in total. The summed E-state index contributed by atoms with van der Waals surface area (Å²) in [6, 6.07) is 14.0. The summed E-state index contributed by atoms with van der Waals surface area (Å²) in [6.45, 7) is 4.54. The molecule has 3 aromatic rings. The van der Waals surface area contributed by atoms with E-state index in [9.17, 15) is 4.79 Å². The van der Waals surface area contributed by atoms with Crippen LogP contribution in [0.4, 0.5) is 17.3 Å². The Bertz CT molecular complexity index is 1040. The third kappa shape index (κ3) is 3.45. The van der Waals surface area contributed by atoms with Crippen molar-refractivity contribution in [2.75, 3.05) is 16.8 Å². The van der Waals surface area contributed by atoms with Gasteiger partial charge in [0.15, 0.2) is 5.82 Å². The Balaban J connectivity index is 1.71. The molecule has 4 rings (SSSR count). The molecule has 1 aliphatic heterocycles. The van der Waals surface area contributed by atoms with E-state index in [1.165, 1.54) is 5.56 Å². The van der Waals surface area contributed by atoms with E-state index in [1.54, 1.807) is 6.07 Å². The first-order valence-corrected chi connectivity index (χ1v) is 9.73. The van der Waals surface area contributed by atoms with Gasteiger partial charge in [0.1, 0.15) is 11.0 Å². The van der Waals surface area contributed by atoms with E-state index in [0.717, 1.165) is 24.0 Å². The zero-order chi connectivity index (χ0) is 19.7. The fraction of sp³-hybridized carbons (Fsp3) is 0.227. The number of halogens is 1. The van der Waals surface area contributed by atoms with E-state index in [0.29, 0.717) is 34.6 Å². The lowest BCUT2D eigenvalue weighted by Gasteiger charge is -2.23.